The Morgan fingerprint density at radius 3 is 2.58 bits per heavy atom. The molecule has 0 spiro atoms. The van der Waals surface area contributed by atoms with E-state index in [9.17, 15) is 8.78 Å². The average Bonchev–Trinajstić information content (AvgIpc) is 2.79. The lowest BCUT2D eigenvalue weighted by Crippen LogP contribution is -2.09. The summed E-state index contributed by atoms with van der Waals surface area (Å²) in [5.74, 6) is -2.09. The predicted octanol–water partition coefficient (Wildman–Crippen LogP) is 4.44. The molecule has 0 aliphatic rings. The first-order valence-corrected chi connectivity index (χ1v) is 6.73. The van der Waals surface area contributed by atoms with Crippen LogP contribution in [0, 0.1) is 0 Å². The summed E-state index contributed by atoms with van der Waals surface area (Å²) in [7, 11) is 0. The molecule has 2 heterocycles. The summed E-state index contributed by atoms with van der Waals surface area (Å²) in [5, 5.41) is 0. The highest BCUT2D eigenvalue weighted by molar-refractivity contribution is 5.74. The van der Waals surface area contributed by atoms with Crippen molar-refractivity contribution in [1.29, 1.82) is 0 Å². The summed E-state index contributed by atoms with van der Waals surface area (Å²) in [6.45, 7) is 6.94. The van der Waals surface area contributed by atoms with Gasteiger partial charge in [0.15, 0.2) is 0 Å². The smallest absolute Gasteiger partial charge is 0.287 e. The van der Waals surface area contributed by atoms with Crippen LogP contribution in [-0.2, 0) is 12.3 Å². The van der Waals surface area contributed by atoms with E-state index < -0.39 is 5.92 Å². The number of alkyl halides is 2. The first kappa shape index (κ1) is 15.5. The van der Waals surface area contributed by atoms with Crippen molar-refractivity contribution >= 4 is 11.0 Å². The van der Waals surface area contributed by atoms with Crippen molar-refractivity contribution in [3.05, 3.63) is 23.8 Å². The zero-order chi connectivity index (χ0) is 14.5. The molecule has 0 aromatic carbocycles. The van der Waals surface area contributed by atoms with Gasteiger partial charge in [-0.2, -0.15) is 8.78 Å². The molecule has 0 fully saturated rings. The Morgan fingerprint density at radius 2 is 2.00 bits per heavy atom. The molecular formula is C14H21F2N3. The van der Waals surface area contributed by atoms with Crippen LogP contribution in [0.1, 0.15) is 52.1 Å². The van der Waals surface area contributed by atoms with Crippen molar-refractivity contribution in [3.8, 4) is 0 Å². The van der Waals surface area contributed by atoms with Crippen molar-refractivity contribution in [2.24, 2.45) is 0 Å². The van der Waals surface area contributed by atoms with E-state index in [4.69, 9.17) is 0 Å². The number of rotatable bonds is 4. The number of hydrogen-bond donors (Lipinski definition) is 1. The van der Waals surface area contributed by atoms with Gasteiger partial charge in [-0.25, -0.2) is 4.98 Å². The first-order chi connectivity index (χ1) is 9.00. The standard InChI is InChI=1S/C12H15F2N3.C2H6/c1-3-4-5-11-16-8-6-10(12(2,13)14)15-7-9(8)17-11;1-2/h6-7H,3-5H2,1-2H3,(H,16,17);1-2H3. The zero-order valence-corrected chi connectivity index (χ0v) is 11.9. The quantitative estimate of drug-likeness (QED) is 0.891. The van der Waals surface area contributed by atoms with Crippen LogP contribution in [0.2, 0.25) is 0 Å². The fourth-order valence-electron chi connectivity index (χ4n) is 1.67. The van der Waals surface area contributed by atoms with E-state index in [-0.39, 0.29) is 5.69 Å². The molecule has 2 rings (SSSR count). The van der Waals surface area contributed by atoms with E-state index in [0.29, 0.717) is 11.0 Å². The number of nitrogens with one attached hydrogen (secondary N) is 1. The molecule has 106 valence electrons. The third-order valence-corrected chi connectivity index (χ3v) is 2.63. The SMILES string of the molecule is CC.CCCCc1nc2cc(C(C)(F)F)ncc2[nH]1. The highest BCUT2D eigenvalue weighted by Crippen LogP contribution is 2.26. The van der Waals surface area contributed by atoms with Crippen molar-refractivity contribution in [3.63, 3.8) is 0 Å². The van der Waals surface area contributed by atoms with Crippen molar-refractivity contribution in [2.45, 2.75) is 52.9 Å². The maximum absolute atomic E-state index is 13.1. The van der Waals surface area contributed by atoms with E-state index in [1.807, 2.05) is 13.8 Å². The lowest BCUT2D eigenvalue weighted by Gasteiger charge is -2.07. The largest absolute Gasteiger partial charge is 0.341 e. The minimum Gasteiger partial charge on any atom is -0.341 e. The molecule has 1 N–H and O–H groups in total. The molecular weight excluding hydrogens is 248 g/mol. The second-order valence-corrected chi connectivity index (χ2v) is 4.26. The number of unbranched alkanes of at least 4 members (excludes halogenated alkanes) is 1. The molecule has 0 unspecified atom stereocenters. The Balaban J connectivity index is 0.000000861. The van der Waals surface area contributed by atoms with E-state index >= 15 is 0 Å². The molecule has 0 atom stereocenters. The van der Waals surface area contributed by atoms with Gasteiger partial charge in [-0.1, -0.05) is 27.2 Å². The molecule has 5 heteroatoms. The molecule has 0 amide bonds. The fourth-order valence-corrected chi connectivity index (χ4v) is 1.67. The van der Waals surface area contributed by atoms with Gasteiger partial charge in [0.25, 0.3) is 5.92 Å². The van der Waals surface area contributed by atoms with Gasteiger partial charge in [0.1, 0.15) is 11.5 Å². The van der Waals surface area contributed by atoms with Gasteiger partial charge in [-0.15, -0.1) is 0 Å². The summed E-state index contributed by atoms with van der Waals surface area (Å²) in [6, 6.07) is 1.35. The minimum absolute atomic E-state index is 0.237. The van der Waals surface area contributed by atoms with Crippen molar-refractivity contribution in [1.82, 2.24) is 15.0 Å². The minimum atomic E-state index is -2.92. The summed E-state index contributed by atoms with van der Waals surface area (Å²) >= 11 is 0. The number of imidazole rings is 1. The van der Waals surface area contributed by atoms with Gasteiger partial charge in [-0.3, -0.25) is 4.98 Å². The van der Waals surface area contributed by atoms with E-state index in [0.717, 1.165) is 32.0 Å². The molecule has 19 heavy (non-hydrogen) atoms. The number of hydrogen-bond acceptors (Lipinski definition) is 2. The number of halogens is 2. The summed E-state index contributed by atoms with van der Waals surface area (Å²) in [4.78, 5) is 11.1. The molecule has 0 saturated heterocycles. The molecule has 3 nitrogen and oxygen atoms in total. The van der Waals surface area contributed by atoms with Crippen molar-refractivity contribution < 1.29 is 8.78 Å². The van der Waals surface area contributed by atoms with Gasteiger partial charge >= 0.3 is 0 Å². The highest BCUT2D eigenvalue weighted by Gasteiger charge is 2.26. The molecule has 0 bridgehead atoms. The molecule has 0 aliphatic heterocycles. The van der Waals surface area contributed by atoms with Crippen LogP contribution in [-0.4, -0.2) is 15.0 Å². The number of fused-ring (bicyclic) bond motifs is 1. The summed E-state index contributed by atoms with van der Waals surface area (Å²) < 4.78 is 26.2. The Morgan fingerprint density at radius 1 is 1.32 bits per heavy atom. The van der Waals surface area contributed by atoms with Crippen LogP contribution < -0.4 is 0 Å². The van der Waals surface area contributed by atoms with Crippen LogP contribution in [0.3, 0.4) is 0 Å². The Kier molecular flexibility index (Phi) is 5.39. The van der Waals surface area contributed by atoms with Crippen LogP contribution in [0.25, 0.3) is 11.0 Å². The summed E-state index contributed by atoms with van der Waals surface area (Å²) in [6.07, 6.45) is 4.37. The zero-order valence-electron chi connectivity index (χ0n) is 11.9. The molecule has 0 saturated carbocycles. The second kappa shape index (κ2) is 6.59. The van der Waals surface area contributed by atoms with Crippen LogP contribution in [0.15, 0.2) is 12.3 Å². The highest BCUT2D eigenvalue weighted by atomic mass is 19.3. The maximum atomic E-state index is 13.1. The van der Waals surface area contributed by atoms with Crippen LogP contribution >= 0.6 is 0 Å². The van der Waals surface area contributed by atoms with E-state index in [1.165, 1.54) is 12.3 Å². The lowest BCUT2D eigenvalue weighted by atomic mass is 10.2. The maximum Gasteiger partial charge on any atom is 0.287 e. The number of H-pyrrole nitrogens is 1. The average molecular weight is 269 g/mol. The first-order valence-electron chi connectivity index (χ1n) is 6.73. The molecule has 0 radical (unpaired) electrons. The number of aromatic amines is 1. The fraction of sp³-hybridized carbons (Fsp3) is 0.571. The third kappa shape index (κ3) is 3.98. The second-order valence-electron chi connectivity index (χ2n) is 4.26. The molecule has 2 aromatic rings. The van der Waals surface area contributed by atoms with Gasteiger partial charge in [0.2, 0.25) is 0 Å². The Labute approximate surface area is 112 Å². The lowest BCUT2D eigenvalue weighted by molar-refractivity contribution is 0.0129. The van der Waals surface area contributed by atoms with Gasteiger partial charge in [0, 0.05) is 13.3 Å². The van der Waals surface area contributed by atoms with Crippen LogP contribution in [0.5, 0.6) is 0 Å². The Bertz CT molecular complexity index is 515. The third-order valence-electron chi connectivity index (χ3n) is 2.63. The number of aryl methyl sites for hydroxylation is 1. The van der Waals surface area contributed by atoms with E-state index in [2.05, 4.69) is 21.9 Å². The summed E-state index contributed by atoms with van der Waals surface area (Å²) in [5.41, 5.74) is 1.03. The van der Waals surface area contributed by atoms with Crippen molar-refractivity contribution in [2.75, 3.05) is 0 Å². The van der Waals surface area contributed by atoms with Gasteiger partial charge in [-0.05, 0) is 12.5 Å². The molecule has 2 aromatic heterocycles. The van der Waals surface area contributed by atoms with Gasteiger partial charge < -0.3 is 4.98 Å². The van der Waals surface area contributed by atoms with Gasteiger partial charge in [0.05, 0.1) is 17.2 Å². The monoisotopic (exact) mass is 269 g/mol. The number of nitrogens with zero attached hydrogens (tertiary/aromatic N) is 2. The predicted molar refractivity (Wildman–Crippen MR) is 73.4 cm³/mol. The molecule has 0 aliphatic carbocycles. The number of aromatic nitrogens is 3. The Hall–Kier alpha value is -1.52. The number of pyridine rings is 1. The topological polar surface area (TPSA) is 41.6 Å². The normalized spacial score (nSPS) is 11.3. The van der Waals surface area contributed by atoms with E-state index in [1.54, 1.807) is 0 Å². The van der Waals surface area contributed by atoms with Crippen LogP contribution in [0.4, 0.5) is 8.78 Å².